The standard InChI is InChI=1S/C25H21NO/c1-18-22(17-27)26-25(21-15-9-4-10-16-21)24(20-13-7-3-8-14-20)23(18)19-11-5-2-6-12-19/h2-16,27H,17H2,1H3. The van der Waals surface area contributed by atoms with Crippen molar-refractivity contribution in [2.45, 2.75) is 13.5 Å². The summed E-state index contributed by atoms with van der Waals surface area (Å²) in [5, 5.41) is 9.96. The van der Waals surface area contributed by atoms with Crippen LogP contribution in [0.1, 0.15) is 11.3 Å². The second kappa shape index (κ2) is 7.56. The molecule has 2 nitrogen and oxygen atoms in total. The van der Waals surface area contributed by atoms with E-state index < -0.39 is 0 Å². The third-order valence-electron chi connectivity index (χ3n) is 4.86. The molecule has 0 aliphatic heterocycles. The summed E-state index contributed by atoms with van der Waals surface area (Å²) in [6.45, 7) is 1.96. The lowest BCUT2D eigenvalue weighted by molar-refractivity contribution is 0.276. The van der Waals surface area contributed by atoms with Crippen LogP contribution in [0.2, 0.25) is 0 Å². The number of nitrogens with zero attached hydrogens (tertiary/aromatic N) is 1. The molecule has 0 radical (unpaired) electrons. The second-order valence-corrected chi connectivity index (χ2v) is 6.54. The third-order valence-corrected chi connectivity index (χ3v) is 4.86. The maximum absolute atomic E-state index is 9.96. The van der Waals surface area contributed by atoms with E-state index in [0.717, 1.165) is 39.1 Å². The van der Waals surface area contributed by atoms with Crippen molar-refractivity contribution in [3.05, 3.63) is 102 Å². The normalized spacial score (nSPS) is 10.7. The predicted molar refractivity (Wildman–Crippen MR) is 111 cm³/mol. The quantitative estimate of drug-likeness (QED) is 0.498. The molecule has 0 aliphatic carbocycles. The molecule has 4 aromatic rings. The van der Waals surface area contributed by atoms with Gasteiger partial charge in [-0.05, 0) is 29.2 Å². The summed E-state index contributed by atoms with van der Waals surface area (Å²) in [6.07, 6.45) is 0. The van der Waals surface area contributed by atoms with E-state index in [1.807, 2.05) is 61.5 Å². The number of hydrogen-bond acceptors (Lipinski definition) is 2. The minimum absolute atomic E-state index is 0.0828. The van der Waals surface area contributed by atoms with Gasteiger partial charge in [0.1, 0.15) is 0 Å². The number of aromatic nitrogens is 1. The Labute approximate surface area is 159 Å². The fourth-order valence-corrected chi connectivity index (χ4v) is 3.54. The lowest BCUT2D eigenvalue weighted by atomic mass is 9.87. The molecule has 0 spiro atoms. The number of aliphatic hydroxyl groups is 1. The van der Waals surface area contributed by atoms with Crippen LogP contribution in [-0.2, 0) is 6.61 Å². The number of rotatable bonds is 4. The lowest BCUT2D eigenvalue weighted by Gasteiger charge is -2.20. The molecule has 3 aromatic carbocycles. The van der Waals surface area contributed by atoms with E-state index in [1.165, 1.54) is 0 Å². The zero-order valence-corrected chi connectivity index (χ0v) is 15.3. The fraction of sp³-hybridized carbons (Fsp3) is 0.0800. The molecular formula is C25H21NO. The van der Waals surface area contributed by atoms with E-state index in [0.29, 0.717) is 5.69 Å². The van der Waals surface area contributed by atoms with Gasteiger partial charge in [-0.2, -0.15) is 0 Å². The first-order valence-corrected chi connectivity index (χ1v) is 9.10. The van der Waals surface area contributed by atoms with Gasteiger partial charge < -0.3 is 5.11 Å². The first-order valence-electron chi connectivity index (χ1n) is 9.10. The van der Waals surface area contributed by atoms with Crippen molar-refractivity contribution < 1.29 is 5.11 Å². The monoisotopic (exact) mass is 351 g/mol. The van der Waals surface area contributed by atoms with E-state index in [2.05, 4.69) is 36.4 Å². The molecule has 1 N–H and O–H groups in total. The van der Waals surface area contributed by atoms with Crippen molar-refractivity contribution in [1.82, 2.24) is 4.98 Å². The first kappa shape index (κ1) is 17.2. The average Bonchev–Trinajstić information content (AvgIpc) is 2.75. The Kier molecular flexibility index (Phi) is 4.82. The minimum Gasteiger partial charge on any atom is -0.390 e. The molecule has 1 heterocycles. The highest BCUT2D eigenvalue weighted by atomic mass is 16.3. The van der Waals surface area contributed by atoms with Crippen molar-refractivity contribution in [2.75, 3.05) is 0 Å². The van der Waals surface area contributed by atoms with Crippen LogP contribution in [0.3, 0.4) is 0 Å². The van der Waals surface area contributed by atoms with Gasteiger partial charge in [-0.3, -0.25) is 0 Å². The maximum Gasteiger partial charge on any atom is 0.0856 e. The number of benzene rings is 3. The van der Waals surface area contributed by atoms with Gasteiger partial charge in [0.15, 0.2) is 0 Å². The van der Waals surface area contributed by atoms with Crippen molar-refractivity contribution in [1.29, 1.82) is 0 Å². The summed E-state index contributed by atoms with van der Waals surface area (Å²) in [7, 11) is 0. The number of aliphatic hydroxyl groups excluding tert-OH is 1. The van der Waals surface area contributed by atoms with Gasteiger partial charge in [-0.25, -0.2) is 4.98 Å². The van der Waals surface area contributed by atoms with E-state index in [4.69, 9.17) is 4.98 Å². The largest absolute Gasteiger partial charge is 0.390 e. The highest BCUT2D eigenvalue weighted by molar-refractivity contribution is 5.94. The fourth-order valence-electron chi connectivity index (χ4n) is 3.54. The van der Waals surface area contributed by atoms with Crippen LogP contribution in [0.4, 0.5) is 0 Å². The Morgan fingerprint density at radius 2 is 1.07 bits per heavy atom. The Bertz CT molecular complexity index is 1040. The molecule has 1 aromatic heterocycles. The van der Waals surface area contributed by atoms with Gasteiger partial charge in [0, 0.05) is 11.1 Å². The van der Waals surface area contributed by atoms with Gasteiger partial charge in [0.25, 0.3) is 0 Å². The third kappa shape index (κ3) is 3.27. The van der Waals surface area contributed by atoms with E-state index in [9.17, 15) is 5.11 Å². The van der Waals surface area contributed by atoms with Crippen LogP contribution < -0.4 is 0 Å². The van der Waals surface area contributed by atoms with Crippen molar-refractivity contribution in [2.24, 2.45) is 0 Å². The molecular weight excluding hydrogens is 330 g/mol. The smallest absolute Gasteiger partial charge is 0.0856 e. The van der Waals surface area contributed by atoms with Crippen LogP contribution in [0.15, 0.2) is 91.0 Å². The van der Waals surface area contributed by atoms with Crippen LogP contribution in [0.25, 0.3) is 33.5 Å². The maximum atomic E-state index is 9.96. The molecule has 132 valence electrons. The molecule has 27 heavy (non-hydrogen) atoms. The van der Waals surface area contributed by atoms with Gasteiger partial charge in [-0.15, -0.1) is 0 Å². The van der Waals surface area contributed by atoms with Gasteiger partial charge >= 0.3 is 0 Å². The zero-order chi connectivity index (χ0) is 18.6. The highest BCUT2D eigenvalue weighted by Gasteiger charge is 2.20. The molecule has 4 rings (SSSR count). The molecule has 0 amide bonds. The summed E-state index contributed by atoms with van der Waals surface area (Å²) < 4.78 is 0. The molecule has 2 heteroatoms. The Balaban J connectivity index is 2.13. The Morgan fingerprint density at radius 1 is 0.630 bits per heavy atom. The topological polar surface area (TPSA) is 33.1 Å². The Hall–Kier alpha value is -3.23. The molecule has 0 saturated heterocycles. The van der Waals surface area contributed by atoms with E-state index >= 15 is 0 Å². The van der Waals surface area contributed by atoms with Gasteiger partial charge in [-0.1, -0.05) is 91.0 Å². The molecule has 0 atom stereocenters. The Morgan fingerprint density at radius 3 is 1.56 bits per heavy atom. The molecule has 0 fully saturated rings. The SMILES string of the molecule is Cc1c(CO)nc(-c2ccccc2)c(-c2ccccc2)c1-c1ccccc1. The summed E-state index contributed by atoms with van der Waals surface area (Å²) in [4.78, 5) is 4.87. The van der Waals surface area contributed by atoms with Crippen LogP contribution in [-0.4, -0.2) is 10.1 Å². The van der Waals surface area contributed by atoms with Crippen LogP contribution in [0.5, 0.6) is 0 Å². The lowest BCUT2D eigenvalue weighted by Crippen LogP contribution is -2.03. The summed E-state index contributed by atoms with van der Waals surface area (Å²) in [5.74, 6) is 0. The van der Waals surface area contributed by atoms with Crippen LogP contribution in [0, 0.1) is 6.92 Å². The predicted octanol–water partition coefficient (Wildman–Crippen LogP) is 5.88. The summed E-state index contributed by atoms with van der Waals surface area (Å²) in [6, 6.07) is 30.9. The van der Waals surface area contributed by atoms with Crippen molar-refractivity contribution in [3.8, 4) is 33.5 Å². The van der Waals surface area contributed by atoms with Gasteiger partial charge in [0.2, 0.25) is 0 Å². The van der Waals surface area contributed by atoms with Gasteiger partial charge in [0.05, 0.1) is 18.0 Å². The minimum atomic E-state index is -0.0828. The molecule has 0 bridgehead atoms. The zero-order valence-electron chi connectivity index (χ0n) is 15.3. The second-order valence-electron chi connectivity index (χ2n) is 6.54. The number of pyridine rings is 1. The molecule has 0 unspecified atom stereocenters. The van der Waals surface area contributed by atoms with E-state index in [-0.39, 0.29) is 6.61 Å². The van der Waals surface area contributed by atoms with E-state index in [1.54, 1.807) is 0 Å². The van der Waals surface area contributed by atoms with Crippen LogP contribution >= 0.6 is 0 Å². The average molecular weight is 351 g/mol. The first-order chi connectivity index (χ1) is 13.3. The summed E-state index contributed by atoms with van der Waals surface area (Å²) >= 11 is 0. The van der Waals surface area contributed by atoms with Crippen molar-refractivity contribution >= 4 is 0 Å². The number of hydrogen-bond donors (Lipinski definition) is 1. The molecule has 0 saturated carbocycles. The molecule has 0 aliphatic rings. The van der Waals surface area contributed by atoms with Crippen molar-refractivity contribution in [3.63, 3.8) is 0 Å². The highest BCUT2D eigenvalue weighted by Crippen LogP contribution is 2.41. The summed E-state index contributed by atoms with van der Waals surface area (Å²) in [5.41, 5.74) is 8.15.